The Morgan fingerprint density at radius 2 is 1.85 bits per heavy atom. The second kappa shape index (κ2) is 5.89. The quantitative estimate of drug-likeness (QED) is 0.279. The van der Waals surface area contributed by atoms with E-state index >= 15 is 0 Å². The van der Waals surface area contributed by atoms with Crippen LogP contribution < -0.4 is 0 Å². The molecule has 27 heavy (non-hydrogen) atoms. The van der Waals surface area contributed by atoms with Crippen molar-refractivity contribution in [2.45, 2.75) is 57.8 Å². The third kappa shape index (κ3) is 2.32. The third-order valence-corrected chi connectivity index (χ3v) is 6.50. The molecule has 0 unspecified atom stereocenters. The number of hydrogen-bond acceptors (Lipinski definition) is 8. The summed E-state index contributed by atoms with van der Waals surface area (Å²) in [7, 11) is 0. The van der Waals surface area contributed by atoms with E-state index in [1.54, 1.807) is 13.8 Å². The van der Waals surface area contributed by atoms with Gasteiger partial charge in [0.25, 0.3) is 0 Å². The van der Waals surface area contributed by atoms with Crippen molar-refractivity contribution in [1.29, 1.82) is 0 Å². The van der Waals surface area contributed by atoms with Crippen LogP contribution in [0.5, 0.6) is 0 Å². The number of Topliss-reactive ketones (excluding diaryl/α,β-unsaturated/α-hetero) is 2. The van der Waals surface area contributed by atoms with Gasteiger partial charge >= 0.3 is 5.97 Å². The summed E-state index contributed by atoms with van der Waals surface area (Å²) in [6, 6.07) is 0. The van der Waals surface area contributed by atoms with Crippen LogP contribution >= 0.6 is 0 Å². The molecule has 5 aliphatic rings. The van der Waals surface area contributed by atoms with Gasteiger partial charge in [-0.3, -0.25) is 9.59 Å². The highest BCUT2D eigenvalue weighted by Crippen LogP contribution is 2.56. The highest BCUT2D eigenvalue weighted by Gasteiger charge is 2.69. The fraction of sp³-hybridized carbons (Fsp3) is 0.684. The number of ketones is 2. The van der Waals surface area contributed by atoms with E-state index in [1.165, 1.54) is 0 Å². The van der Waals surface area contributed by atoms with Gasteiger partial charge in [-0.1, -0.05) is 25.9 Å². The van der Waals surface area contributed by atoms with E-state index in [2.05, 4.69) is 5.16 Å². The molecule has 2 saturated heterocycles. The minimum atomic E-state index is -1.41. The topological polar surface area (TPSA) is 122 Å². The zero-order valence-electron chi connectivity index (χ0n) is 15.5. The van der Waals surface area contributed by atoms with Gasteiger partial charge in [0, 0.05) is 24.7 Å². The maximum absolute atomic E-state index is 13.0. The number of nitrogens with zero attached hydrogens (tertiary/aromatic N) is 1. The predicted octanol–water partition coefficient (Wildman–Crippen LogP) is 0.986. The lowest BCUT2D eigenvalue weighted by molar-refractivity contribution is -0.216. The molecule has 2 aliphatic carbocycles. The Morgan fingerprint density at radius 3 is 2.52 bits per heavy atom. The zero-order chi connectivity index (χ0) is 19.7. The van der Waals surface area contributed by atoms with Crippen LogP contribution in [0.3, 0.4) is 0 Å². The monoisotopic (exact) mass is 377 g/mol. The van der Waals surface area contributed by atoms with E-state index in [1.807, 2.05) is 6.92 Å². The minimum Gasteiger partial charge on any atom is -0.486 e. The molecule has 0 radical (unpaired) electrons. The van der Waals surface area contributed by atoms with Gasteiger partial charge in [0.2, 0.25) is 0 Å². The summed E-state index contributed by atoms with van der Waals surface area (Å²) >= 11 is 0. The number of oxime groups is 1. The summed E-state index contributed by atoms with van der Waals surface area (Å²) in [5.74, 6) is -3.32. The smallest absolute Gasteiger partial charge is 0.346 e. The van der Waals surface area contributed by atoms with Crippen molar-refractivity contribution >= 4 is 23.2 Å². The third-order valence-electron chi connectivity index (χ3n) is 6.50. The second-order valence-electron chi connectivity index (χ2n) is 8.35. The normalized spacial score (nSPS) is 45.6. The lowest BCUT2D eigenvalue weighted by Gasteiger charge is -2.54. The Bertz CT molecular complexity index is 800. The predicted molar refractivity (Wildman–Crippen MR) is 90.8 cm³/mol. The zero-order valence-corrected chi connectivity index (χ0v) is 15.5. The van der Waals surface area contributed by atoms with Gasteiger partial charge < -0.3 is 19.8 Å². The first-order chi connectivity index (χ1) is 12.7. The Balaban J connectivity index is 1.95. The fourth-order valence-electron chi connectivity index (χ4n) is 5.16. The Morgan fingerprint density at radius 1 is 1.15 bits per heavy atom. The molecule has 146 valence electrons. The molecule has 5 bridgehead atoms. The second-order valence-corrected chi connectivity index (χ2v) is 8.35. The summed E-state index contributed by atoms with van der Waals surface area (Å²) in [5, 5.41) is 23.8. The lowest BCUT2D eigenvalue weighted by atomic mass is 9.62. The van der Waals surface area contributed by atoms with E-state index in [4.69, 9.17) is 9.47 Å². The van der Waals surface area contributed by atoms with Gasteiger partial charge in [0.05, 0.1) is 11.6 Å². The number of aliphatic hydroxyl groups excluding tert-OH is 1. The van der Waals surface area contributed by atoms with E-state index in [0.29, 0.717) is 6.42 Å². The average Bonchev–Trinajstić information content (AvgIpc) is 2.89. The molecular weight excluding hydrogens is 354 g/mol. The molecular formula is C19H23NO7. The fourth-order valence-corrected chi connectivity index (χ4v) is 5.16. The molecule has 0 aromatic carbocycles. The van der Waals surface area contributed by atoms with Crippen LogP contribution in [-0.4, -0.2) is 51.4 Å². The number of hydrogen-bond donors (Lipinski definition) is 2. The van der Waals surface area contributed by atoms with Crippen molar-refractivity contribution in [3.63, 3.8) is 0 Å². The number of ether oxygens (including phenoxy) is 2. The lowest BCUT2D eigenvalue weighted by Crippen LogP contribution is -2.66. The molecule has 7 atom stereocenters. The number of carbonyl (C=O) groups excluding carboxylic acids is 3. The molecule has 3 aliphatic heterocycles. The first kappa shape index (κ1) is 18.2. The molecule has 8 nitrogen and oxygen atoms in total. The largest absolute Gasteiger partial charge is 0.486 e. The molecule has 3 fully saturated rings. The summed E-state index contributed by atoms with van der Waals surface area (Å²) in [4.78, 5) is 38.3. The van der Waals surface area contributed by atoms with E-state index in [-0.39, 0.29) is 41.6 Å². The van der Waals surface area contributed by atoms with Crippen molar-refractivity contribution in [3.05, 3.63) is 11.3 Å². The van der Waals surface area contributed by atoms with Crippen LogP contribution in [-0.2, 0) is 23.9 Å². The van der Waals surface area contributed by atoms with Gasteiger partial charge in [0.1, 0.15) is 23.6 Å². The number of esters is 1. The first-order valence-corrected chi connectivity index (χ1v) is 9.31. The van der Waals surface area contributed by atoms with Crippen molar-refractivity contribution in [2.24, 2.45) is 28.8 Å². The summed E-state index contributed by atoms with van der Waals surface area (Å²) < 4.78 is 11.6. The summed E-state index contributed by atoms with van der Waals surface area (Å²) in [5.41, 5.74) is -1.48. The Kier molecular flexibility index (Phi) is 3.96. The van der Waals surface area contributed by atoms with Crippen molar-refractivity contribution in [1.82, 2.24) is 0 Å². The molecule has 0 amide bonds. The molecule has 5 rings (SSSR count). The molecule has 1 spiro atoms. The molecule has 0 aromatic heterocycles. The number of fused-ring (bicyclic) bond motifs is 1. The maximum Gasteiger partial charge on any atom is 0.346 e. The van der Waals surface area contributed by atoms with Gasteiger partial charge in [0.15, 0.2) is 17.1 Å². The molecule has 8 heteroatoms. The molecule has 3 heterocycles. The number of aliphatic hydroxyl groups is 1. The minimum absolute atomic E-state index is 0.0631. The van der Waals surface area contributed by atoms with Crippen molar-refractivity contribution < 1.29 is 34.2 Å². The maximum atomic E-state index is 13.0. The van der Waals surface area contributed by atoms with Gasteiger partial charge in [-0.25, -0.2) is 4.79 Å². The first-order valence-electron chi connectivity index (χ1n) is 9.31. The highest BCUT2D eigenvalue weighted by molar-refractivity contribution is 6.21. The molecule has 1 saturated carbocycles. The van der Waals surface area contributed by atoms with Crippen LogP contribution in [0.1, 0.15) is 40.0 Å². The number of rotatable bonds is 0. The van der Waals surface area contributed by atoms with Crippen molar-refractivity contribution in [3.8, 4) is 0 Å². The highest BCUT2D eigenvalue weighted by atomic mass is 16.6. The van der Waals surface area contributed by atoms with E-state index < -0.39 is 47.3 Å². The summed E-state index contributed by atoms with van der Waals surface area (Å²) in [6.45, 7) is 5.24. The molecule has 0 aromatic rings. The number of carbonyl (C=O) groups is 3. The van der Waals surface area contributed by atoms with Crippen LogP contribution in [0.15, 0.2) is 16.5 Å². The van der Waals surface area contributed by atoms with Crippen LogP contribution in [0.25, 0.3) is 0 Å². The Hall–Kier alpha value is -2.22. The van der Waals surface area contributed by atoms with Crippen LogP contribution in [0, 0.1) is 23.7 Å². The van der Waals surface area contributed by atoms with Crippen molar-refractivity contribution in [2.75, 3.05) is 0 Å². The van der Waals surface area contributed by atoms with E-state index in [9.17, 15) is 24.7 Å². The Labute approximate surface area is 156 Å². The van der Waals surface area contributed by atoms with Gasteiger partial charge in [-0.2, -0.15) is 0 Å². The van der Waals surface area contributed by atoms with Crippen LogP contribution in [0.2, 0.25) is 0 Å². The van der Waals surface area contributed by atoms with E-state index in [0.717, 1.165) is 0 Å². The van der Waals surface area contributed by atoms with Crippen LogP contribution in [0.4, 0.5) is 0 Å². The summed E-state index contributed by atoms with van der Waals surface area (Å²) in [6.07, 6.45) is -1.38. The SMILES string of the molecule is C[C@@H]1C[C@H](C)C(=O)C/C(=N/O)[C@@H]2[C@@H](O)[C@@H]3OC4=C(C(=O)O[C@@]42C[C@H]3C)C1=O. The average molecular weight is 377 g/mol. The standard InChI is InChI=1S/C19H23NO7/c1-7-4-8(2)14(22)12-17-19(27-18(12)24)6-9(3)16(26-17)15(23)13(19)10(20-25)5-11(7)21/h7-9,13,15-16,23,25H,4-6H2,1-3H3/b20-10-/t7-,8+,9+,13+,15+,16+,19+/m0/s1. The van der Waals surface area contributed by atoms with Gasteiger partial charge in [-0.05, 0) is 12.3 Å². The van der Waals surface area contributed by atoms with Gasteiger partial charge in [-0.15, -0.1) is 0 Å². The molecule has 2 N–H and O–H groups in total.